The highest BCUT2D eigenvalue weighted by Gasteiger charge is 2.18. The lowest BCUT2D eigenvalue weighted by molar-refractivity contribution is 0.102. The van der Waals surface area contributed by atoms with Gasteiger partial charge >= 0.3 is 0 Å². The van der Waals surface area contributed by atoms with Gasteiger partial charge in [0.1, 0.15) is 21.8 Å². The third kappa shape index (κ3) is 4.52. The molecule has 0 spiro atoms. The van der Waals surface area contributed by atoms with Crippen molar-refractivity contribution in [1.82, 2.24) is 20.2 Å². The van der Waals surface area contributed by atoms with Crippen LogP contribution in [0.15, 0.2) is 73.1 Å². The number of halogens is 1. The van der Waals surface area contributed by atoms with Crippen LogP contribution in [0.3, 0.4) is 0 Å². The van der Waals surface area contributed by atoms with E-state index < -0.39 is 0 Å². The van der Waals surface area contributed by atoms with E-state index in [4.69, 9.17) is 21.1 Å². The number of hydrogen-bond acceptors (Lipinski definition) is 8. The highest BCUT2D eigenvalue weighted by Crippen LogP contribution is 2.33. The molecule has 1 amide bonds. The molecule has 10 heteroatoms. The molecule has 0 unspecified atom stereocenters. The minimum atomic E-state index is -0.368. The minimum Gasteiger partial charge on any atom is -0.496 e. The van der Waals surface area contributed by atoms with Gasteiger partial charge in [-0.15, -0.1) is 0 Å². The molecule has 0 aliphatic heterocycles. The first-order chi connectivity index (χ1) is 16.6. The summed E-state index contributed by atoms with van der Waals surface area (Å²) in [4.78, 5) is 22.7. The lowest BCUT2D eigenvalue weighted by Gasteiger charge is -2.11. The van der Waals surface area contributed by atoms with Gasteiger partial charge in [-0.1, -0.05) is 41.1 Å². The molecule has 3 heterocycles. The molecule has 168 valence electrons. The minimum absolute atomic E-state index is 0.346. The van der Waals surface area contributed by atoms with Crippen molar-refractivity contribution in [2.24, 2.45) is 0 Å². The second kappa shape index (κ2) is 9.42. The molecule has 0 aliphatic rings. The van der Waals surface area contributed by atoms with Gasteiger partial charge in [0.05, 0.1) is 25.1 Å². The molecule has 0 atom stereocenters. The fourth-order valence-corrected chi connectivity index (χ4v) is 4.23. The summed E-state index contributed by atoms with van der Waals surface area (Å²) in [7, 11) is 1.58. The zero-order valence-electron chi connectivity index (χ0n) is 17.7. The predicted octanol–water partition coefficient (Wildman–Crippen LogP) is 5.85. The Bertz CT molecular complexity index is 1490. The van der Waals surface area contributed by atoms with Crippen molar-refractivity contribution >= 4 is 44.3 Å². The number of benzene rings is 2. The molecule has 5 aromatic rings. The predicted molar refractivity (Wildman–Crippen MR) is 131 cm³/mol. The van der Waals surface area contributed by atoms with Crippen LogP contribution in [0, 0.1) is 0 Å². The Morgan fingerprint density at radius 3 is 2.56 bits per heavy atom. The van der Waals surface area contributed by atoms with Crippen LogP contribution in [0.2, 0.25) is 5.02 Å². The molecule has 0 bridgehead atoms. The van der Waals surface area contributed by atoms with Gasteiger partial charge in [0.2, 0.25) is 5.88 Å². The van der Waals surface area contributed by atoms with E-state index >= 15 is 0 Å². The van der Waals surface area contributed by atoms with Gasteiger partial charge in [0, 0.05) is 22.2 Å². The number of carbonyl (C=O) groups is 1. The van der Waals surface area contributed by atoms with Gasteiger partial charge in [0.25, 0.3) is 5.91 Å². The monoisotopic (exact) mass is 489 g/mol. The molecule has 0 aliphatic carbocycles. The van der Waals surface area contributed by atoms with Crippen LogP contribution in [0.5, 0.6) is 17.4 Å². The summed E-state index contributed by atoms with van der Waals surface area (Å²) < 4.78 is 11.2. The van der Waals surface area contributed by atoms with Crippen LogP contribution in [0.4, 0.5) is 5.13 Å². The molecule has 0 radical (unpaired) electrons. The number of ether oxygens (including phenoxy) is 2. The van der Waals surface area contributed by atoms with Gasteiger partial charge < -0.3 is 9.47 Å². The number of methoxy groups -OCH3 is 1. The Hall–Kier alpha value is -4.08. The summed E-state index contributed by atoms with van der Waals surface area (Å²) in [5.74, 6) is 1.28. The number of para-hydroxylation sites is 1. The first-order valence-electron chi connectivity index (χ1n) is 10.1. The molecule has 0 saturated carbocycles. The van der Waals surface area contributed by atoms with Crippen LogP contribution < -0.4 is 14.8 Å². The number of nitrogens with zero attached hydrogens (tertiary/aromatic N) is 4. The van der Waals surface area contributed by atoms with Crippen molar-refractivity contribution in [3.05, 3.63) is 83.6 Å². The molecular weight excluding hydrogens is 474 g/mol. The third-order valence-electron chi connectivity index (χ3n) is 4.86. The van der Waals surface area contributed by atoms with Gasteiger partial charge in [-0.25, -0.2) is 9.97 Å². The van der Waals surface area contributed by atoms with Crippen molar-refractivity contribution in [3.8, 4) is 28.5 Å². The number of amides is 1. The first-order valence-corrected chi connectivity index (χ1v) is 11.3. The number of nitrogens with one attached hydrogen (secondary N) is 1. The quantitative estimate of drug-likeness (QED) is 0.319. The van der Waals surface area contributed by atoms with Crippen molar-refractivity contribution in [3.63, 3.8) is 0 Å². The summed E-state index contributed by atoms with van der Waals surface area (Å²) in [6.45, 7) is 0. The van der Waals surface area contributed by atoms with E-state index in [2.05, 4.69) is 25.5 Å². The van der Waals surface area contributed by atoms with E-state index in [-0.39, 0.29) is 5.91 Å². The van der Waals surface area contributed by atoms with Crippen LogP contribution in [-0.2, 0) is 0 Å². The van der Waals surface area contributed by atoms with Crippen LogP contribution in [0.25, 0.3) is 21.5 Å². The first kappa shape index (κ1) is 21.7. The normalized spacial score (nSPS) is 10.8. The van der Waals surface area contributed by atoms with Crippen LogP contribution in [-0.4, -0.2) is 33.2 Å². The molecule has 1 N–H and O–H groups in total. The second-order valence-electron chi connectivity index (χ2n) is 7.02. The Kier molecular flexibility index (Phi) is 6.03. The van der Waals surface area contributed by atoms with Gasteiger partial charge in [-0.05, 0) is 36.4 Å². The van der Waals surface area contributed by atoms with Crippen LogP contribution >= 0.6 is 22.9 Å². The van der Waals surface area contributed by atoms with E-state index in [1.165, 1.54) is 23.7 Å². The number of hydrogen-bond donors (Lipinski definition) is 1. The average molecular weight is 490 g/mol. The Labute approximate surface area is 203 Å². The molecule has 0 fully saturated rings. The topological polar surface area (TPSA) is 99.1 Å². The van der Waals surface area contributed by atoms with Crippen molar-refractivity contribution in [1.29, 1.82) is 0 Å². The van der Waals surface area contributed by atoms with Crippen molar-refractivity contribution < 1.29 is 14.3 Å². The van der Waals surface area contributed by atoms with Gasteiger partial charge in [0.15, 0.2) is 5.13 Å². The maximum absolute atomic E-state index is 13.1. The second-order valence-corrected chi connectivity index (χ2v) is 8.43. The third-order valence-corrected chi connectivity index (χ3v) is 5.99. The fourth-order valence-electron chi connectivity index (χ4n) is 3.28. The number of aromatic nitrogens is 4. The molecule has 0 saturated heterocycles. The molecule has 34 heavy (non-hydrogen) atoms. The van der Waals surface area contributed by atoms with Crippen LogP contribution in [0.1, 0.15) is 10.4 Å². The molecule has 5 rings (SSSR count). The van der Waals surface area contributed by atoms with E-state index in [1.54, 1.807) is 43.5 Å². The zero-order valence-corrected chi connectivity index (χ0v) is 19.3. The fraction of sp³-hybridized carbons (Fsp3) is 0.0417. The molecule has 3 aromatic heterocycles. The summed E-state index contributed by atoms with van der Waals surface area (Å²) in [6.07, 6.45) is 2.95. The van der Waals surface area contributed by atoms with E-state index in [0.29, 0.717) is 49.0 Å². The zero-order chi connectivity index (χ0) is 23.5. The average Bonchev–Trinajstić information content (AvgIpc) is 3.27. The van der Waals surface area contributed by atoms with Gasteiger partial charge in [-0.3, -0.25) is 10.1 Å². The lowest BCUT2D eigenvalue weighted by atomic mass is 10.0. The highest BCUT2D eigenvalue weighted by molar-refractivity contribution is 7.22. The molecule has 2 aromatic carbocycles. The standard InChI is InChI=1S/C24H16ClN5O3S/c1-32-20-5-3-2-4-16(20)17-12-26-27-13-18(17)22(31)30-24-28-19-10-11-21(29-23(19)34-24)33-15-8-6-14(25)7-9-15/h2-13H,1H3,(H,28,30,31). The number of thiazole rings is 1. The molecular formula is C24H16ClN5O3S. The highest BCUT2D eigenvalue weighted by atomic mass is 35.5. The number of anilines is 1. The Morgan fingerprint density at radius 1 is 0.941 bits per heavy atom. The van der Waals surface area contributed by atoms with Crippen molar-refractivity contribution in [2.75, 3.05) is 12.4 Å². The Balaban J connectivity index is 1.40. The van der Waals surface area contributed by atoms with Crippen molar-refractivity contribution in [2.45, 2.75) is 0 Å². The summed E-state index contributed by atoms with van der Waals surface area (Å²) in [6, 6.07) is 17.9. The summed E-state index contributed by atoms with van der Waals surface area (Å²) >= 11 is 7.16. The number of rotatable bonds is 6. The van der Waals surface area contributed by atoms with E-state index in [1.807, 2.05) is 24.3 Å². The summed E-state index contributed by atoms with van der Waals surface area (Å²) in [5, 5.41) is 11.7. The number of pyridine rings is 1. The number of carbonyl (C=O) groups excluding carboxylic acids is 1. The molecule has 8 nitrogen and oxygen atoms in total. The van der Waals surface area contributed by atoms with E-state index in [0.717, 1.165) is 5.56 Å². The smallest absolute Gasteiger partial charge is 0.259 e. The van der Waals surface area contributed by atoms with E-state index in [9.17, 15) is 4.79 Å². The lowest BCUT2D eigenvalue weighted by Crippen LogP contribution is -2.14. The van der Waals surface area contributed by atoms with Gasteiger partial charge in [-0.2, -0.15) is 10.2 Å². The Morgan fingerprint density at radius 2 is 1.74 bits per heavy atom. The number of fused-ring (bicyclic) bond motifs is 1. The largest absolute Gasteiger partial charge is 0.496 e. The summed E-state index contributed by atoms with van der Waals surface area (Å²) in [5.41, 5.74) is 2.32. The SMILES string of the molecule is COc1ccccc1-c1cnncc1C(=O)Nc1nc2ccc(Oc3ccc(Cl)cc3)nc2s1. The maximum atomic E-state index is 13.1. The maximum Gasteiger partial charge on any atom is 0.259 e.